The summed E-state index contributed by atoms with van der Waals surface area (Å²) in [4.78, 5) is 0. The first-order valence-corrected chi connectivity index (χ1v) is 9.07. The number of nitrogens with one attached hydrogen (secondary N) is 2. The summed E-state index contributed by atoms with van der Waals surface area (Å²) in [6, 6.07) is 15.3. The minimum atomic E-state index is 0.592. The summed E-state index contributed by atoms with van der Waals surface area (Å²) in [5.74, 6) is 0.592. The molecule has 0 fully saturated rings. The van der Waals surface area contributed by atoms with Gasteiger partial charge in [-0.25, -0.2) is 0 Å². The highest BCUT2D eigenvalue weighted by molar-refractivity contribution is 7.80. The summed E-state index contributed by atoms with van der Waals surface area (Å²) in [6.45, 7) is 9.52. The minimum Gasteiger partial charge on any atom is -0.362 e. The second-order valence-corrected chi connectivity index (χ2v) is 7.17. The number of rotatable bonds is 6. The zero-order valence-electron chi connectivity index (χ0n) is 15.1. The lowest BCUT2D eigenvalue weighted by Crippen LogP contribution is -2.29. The van der Waals surface area contributed by atoms with E-state index >= 15 is 0 Å². The lowest BCUT2D eigenvalue weighted by atomic mass is 10.0. The van der Waals surface area contributed by atoms with Gasteiger partial charge in [0.15, 0.2) is 5.11 Å². The monoisotopic (exact) mass is 340 g/mol. The molecule has 0 bridgehead atoms. The first-order chi connectivity index (χ1) is 11.4. The summed E-state index contributed by atoms with van der Waals surface area (Å²) in [6.07, 6.45) is 2.13. The Hall–Kier alpha value is -1.87. The lowest BCUT2D eigenvalue weighted by Gasteiger charge is -2.12. The van der Waals surface area contributed by atoms with Crippen molar-refractivity contribution in [3.05, 3.63) is 64.7 Å². The molecule has 0 heterocycles. The van der Waals surface area contributed by atoms with Crippen LogP contribution in [0.2, 0.25) is 0 Å². The Morgan fingerprint density at radius 2 is 1.62 bits per heavy atom. The van der Waals surface area contributed by atoms with Crippen LogP contribution in [-0.4, -0.2) is 11.7 Å². The highest BCUT2D eigenvalue weighted by Crippen LogP contribution is 2.15. The Labute approximate surface area is 151 Å². The molecule has 2 aromatic carbocycles. The Morgan fingerprint density at radius 1 is 1.00 bits per heavy atom. The largest absolute Gasteiger partial charge is 0.362 e. The standard InChI is InChI=1S/C21H28N2S/c1-15(2)19-9-7-18(8-10-19)6-5-11-22-21(24)23-20-13-16(3)12-17(4)14-20/h7-10,12-15H,5-6,11H2,1-4H3,(H2,22,23,24). The van der Waals surface area contributed by atoms with Crippen LogP contribution in [0.15, 0.2) is 42.5 Å². The van der Waals surface area contributed by atoms with E-state index in [4.69, 9.17) is 12.2 Å². The van der Waals surface area contributed by atoms with Crippen molar-refractivity contribution < 1.29 is 0 Å². The molecule has 2 N–H and O–H groups in total. The van der Waals surface area contributed by atoms with Gasteiger partial charge < -0.3 is 10.6 Å². The van der Waals surface area contributed by atoms with Gasteiger partial charge in [0.2, 0.25) is 0 Å². The third-order valence-electron chi connectivity index (χ3n) is 4.05. The Kier molecular flexibility index (Phi) is 6.80. The lowest BCUT2D eigenvalue weighted by molar-refractivity contribution is 0.776. The topological polar surface area (TPSA) is 24.1 Å². The first kappa shape index (κ1) is 18.5. The molecule has 2 aromatic rings. The Bertz CT molecular complexity index is 654. The van der Waals surface area contributed by atoms with Gasteiger partial charge in [0.25, 0.3) is 0 Å². The molecule has 0 aliphatic rings. The molecule has 0 amide bonds. The molecule has 0 unspecified atom stereocenters. The van der Waals surface area contributed by atoms with E-state index in [0.717, 1.165) is 25.1 Å². The molecule has 0 aliphatic carbocycles. The molecule has 0 atom stereocenters. The summed E-state index contributed by atoms with van der Waals surface area (Å²) in [5.41, 5.74) is 6.31. The van der Waals surface area contributed by atoms with E-state index in [1.165, 1.54) is 22.3 Å². The normalized spacial score (nSPS) is 10.7. The molecule has 0 radical (unpaired) electrons. The highest BCUT2D eigenvalue weighted by Gasteiger charge is 2.01. The van der Waals surface area contributed by atoms with Crippen molar-refractivity contribution in [1.29, 1.82) is 0 Å². The van der Waals surface area contributed by atoms with Crippen molar-refractivity contribution >= 4 is 23.0 Å². The average molecular weight is 341 g/mol. The molecule has 0 spiro atoms. The third-order valence-corrected chi connectivity index (χ3v) is 4.30. The molecular weight excluding hydrogens is 312 g/mol. The smallest absolute Gasteiger partial charge is 0.170 e. The van der Waals surface area contributed by atoms with Gasteiger partial charge in [-0.1, -0.05) is 44.2 Å². The molecule has 0 aliphatic heterocycles. The zero-order valence-corrected chi connectivity index (χ0v) is 16.0. The predicted octanol–water partition coefficient (Wildman–Crippen LogP) is 5.35. The molecular formula is C21H28N2S. The van der Waals surface area contributed by atoms with Crippen molar-refractivity contribution in [2.45, 2.75) is 46.5 Å². The van der Waals surface area contributed by atoms with Crippen LogP contribution >= 0.6 is 12.2 Å². The van der Waals surface area contributed by atoms with Crippen molar-refractivity contribution in [2.24, 2.45) is 0 Å². The summed E-state index contributed by atoms with van der Waals surface area (Å²) < 4.78 is 0. The Balaban J connectivity index is 1.72. The van der Waals surface area contributed by atoms with Crippen LogP contribution in [0.3, 0.4) is 0 Å². The van der Waals surface area contributed by atoms with Crippen LogP contribution in [0.25, 0.3) is 0 Å². The maximum Gasteiger partial charge on any atom is 0.170 e. The highest BCUT2D eigenvalue weighted by atomic mass is 32.1. The van der Waals surface area contributed by atoms with Crippen LogP contribution in [-0.2, 0) is 6.42 Å². The predicted molar refractivity (Wildman–Crippen MR) is 109 cm³/mol. The van der Waals surface area contributed by atoms with E-state index in [0.29, 0.717) is 11.0 Å². The van der Waals surface area contributed by atoms with Gasteiger partial charge in [-0.3, -0.25) is 0 Å². The SMILES string of the molecule is Cc1cc(C)cc(NC(=S)NCCCc2ccc(C(C)C)cc2)c1. The van der Waals surface area contributed by atoms with E-state index in [2.05, 4.69) is 80.8 Å². The third kappa shape index (κ3) is 5.97. The number of thiocarbonyl (C=S) groups is 1. The molecule has 2 rings (SSSR count). The number of anilines is 1. The van der Waals surface area contributed by atoms with Crippen LogP contribution in [0, 0.1) is 13.8 Å². The van der Waals surface area contributed by atoms with E-state index < -0.39 is 0 Å². The van der Waals surface area contributed by atoms with Gasteiger partial charge in [-0.2, -0.15) is 0 Å². The molecule has 128 valence electrons. The molecule has 2 nitrogen and oxygen atoms in total. The molecule has 3 heteroatoms. The Morgan fingerprint density at radius 3 is 2.21 bits per heavy atom. The maximum absolute atomic E-state index is 5.38. The van der Waals surface area contributed by atoms with E-state index in [9.17, 15) is 0 Å². The summed E-state index contributed by atoms with van der Waals surface area (Å²) in [5, 5.41) is 7.24. The van der Waals surface area contributed by atoms with Crippen LogP contribution < -0.4 is 10.6 Å². The van der Waals surface area contributed by atoms with Crippen LogP contribution in [0.1, 0.15) is 48.4 Å². The summed E-state index contributed by atoms with van der Waals surface area (Å²) >= 11 is 5.38. The number of aryl methyl sites for hydroxylation is 3. The van der Waals surface area contributed by atoms with Crippen molar-refractivity contribution in [2.75, 3.05) is 11.9 Å². The molecule has 0 saturated carbocycles. The maximum atomic E-state index is 5.38. The average Bonchev–Trinajstić information content (AvgIpc) is 2.51. The number of hydrogen-bond donors (Lipinski definition) is 2. The second-order valence-electron chi connectivity index (χ2n) is 6.76. The van der Waals surface area contributed by atoms with Gasteiger partial charge in [0.1, 0.15) is 0 Å². The van der Waals surface area contributed by atoms with E-state index in [1.807, 2.05) is 0 Å². The zero-order chi connectivity index (χ0) is 17.5. The fourth-order valence-electron chi connectivity index (χ4n) is 2.79. The number of benzene rings is 2. The fourth-order valence-corrected chi connectivity index (χ4v) is 3.01. The number of hydrogen-bond acceptors (Lipinski definition) is 1. The van der Waals surface area contributed by atoms with Gasteiger partial charge in [-0.15, -0.1) is 0 Å². The van der Waals surface area contributed by atoms with Gasteiger partial charge in [0, 0.05) is 12.2 Å². The molecule has 0 aromatic heterocycles. The second kappa shape index (κ2) is 8.84. The molecule has 0 saturated heterocycles. The fraction of sp³-hybridized carbons (Fsp3) is 0.381. The first-order valence-electron chi connectivity index (χ1n) is 8.66. The quantitative estimate of drug-likeness (QED) is 0.548. The van der Waals surface area contributed by atoms with E-state index in [-0.39, 0.29) is 0 Å². The minimum absolute atomic E-state index is 0.592. The summed E-state index contributed by atoms with van der Waals surface area (Å²) in [7, 11) is 0. The van der Waals surface area contributed by atoms with Crippen molar-refractivity contribution in [1.82, 2.24) is 5.32 Å². The molecule has 24 heavy (non-hydrogen) atoms. The van der Waals surface area contributed by atoms with Gasteiger partial charge in [-0.05, 0) is 79.2 Å². The van der Waals surface area contributed by atoms with Gasteiger partial charge >= 0.3 is 0 Å². The van der Waals surface area contributed by atoms with Crippen molar-refractivity contribution in [3.63, 3.8) is 0 Å². The van der Waals surface area contributed by atoms with Crippen LogP contribution in [0.4, 0.5) is 5.69 Å². The van der Waals surface area contributed by atoms with Gasteiger partial charge in [0.05, 0.1) is 0 Å². The van der Waals surface area contributed by atoms with Crippen LogP contribution in [0.5, 0.6) is 0 Å². The van der Waals surface area contributed by atoms with E-state index in [1.54, 1.807) is 0 Å². The van der Waals surface area contributed by atoms with Crippen molar-refractivity contribution in [3.8, 4) is 0 Å².